The van der Waals surface area contributed by atoms with E-state index in [1.165, 1.54) is 7.11 Å². The molecule has 9 heteroatoms. The number of thiocarbonyl (C=S) groups is 1. The second kappa shape index (κ2) is 8.81. The molecule has 0 aliphatic carbocycles. The first-order valence-electron chi connectivity index (χ1n) is 8.28. The molecule has 0 aliphatic heterocycles. The fraction of sp³-hybridized carbons (Fsp3) is 0.158. The van der Waals surface area contributed by atoms with E-state index in [0.717, 1.165) is 11.1 Å². The van der Waals surface area contributed by atoms with Crippen LogP contribution in [-0.4, -0.2) is 28.3 Å². The molecule has 0 saturated carbocycles. The van der Waals surface area contributed by atoms with Gasteiger partial charge in [0.25, 0.3) is 0 Å². The molecule has 3 aromatic rings. The van der Waals surface area contributed by atoms with Gasteiger partial charge in [-0.05, 0) is 49.0 Å². The number of aryl methyl sites for hydroxylation is 1. The number of esters is 1. The second-order valence-electron chi connectivity index (χ2n) is 5.85. The maximum Gasteiger partial charge on any atom is 0.337 e. The van der Waals surface area contributed by atoms with Crippen molar-refractivity contribution in [2.45, 2.75) is 13.5 Å². The number of carbonyl (C=O) groups is 1. The molecule has 7 nitrogen and oxygen atoms in total. The first-order chi connectivity index (χ1) is 13.5. The van der Waals surface area contributed by atoms with Crippen LogP contribution in [0.15, 0.2) is 47.0 Å². The van der Waals surface area contributed by atoms with E-state index in [-0.39, 0.29) is 6.54 Å². The van der Waals surface area contributed by atoms with Gasteiger partial charge in [0.15, 0.2) is 5.11 Å². The van der Waals surface area contributed by atoms with Crippen LogP contribution >= 0.6 is 23.8 Å². The maximum atomic E-state index is 11.7. The van der Waals surface area contributed by atoms with Gasteiger partial charge in [-0.3, -0.25) is 0 Å². The molecule has 0 fully saturated rings. The van der Waals surface area contributed by atoms with Gasteiger partial charge in [-0.25, -0.2) is 4.79 Å². The van der Waals surface area contributed by atoms with E-state index in [9.17, 15) is 4.79 Å². The van der Waals surface area contributed by atoms with Crippen LogP contribution in [0.1, 0.15) is 21.8 Å². The van der Waals surface area contributed by atoms with Gasteiger partial charge in [-0.2, -0.15) is 4.98 Å². The zero-order valence-electron chi connectivity index (χ0n) is 15.2. The highest BCUT2D eigenvalue weighted by Gasteiger charge is 2.11. The first kappa shape index (κ1) is 19.8. The Morgan fingerprint density at radius 3 is 2.86 bits per heavy atom. The van der Waals surface area contributed by atoms with Gasteiger partial charge in [-0.15, -0.1) is 0 Å². The van der Waals surface area contributed by atoms with E-state index in [2.05, 4.69) is 20.8 Å². The van der Waals surface area contributed by atoms with Gasteiger partial charge >= 0.3 is 5.97 Å². The molecule has 3 rings (SSSR count). The van der Waals surface area contributed by atoms with Gasteiger partial charge in [-0.1, -0.05) is 35.0 Å². The molecule has 0 radical (unpaired) electrons. The Morgan fingerprint density at radius 1 is 1.29 bits per heavy atom. The summed E-state index contributed by atoms with van der Waals surface area (Å²) in [4.78, 5) is 16.0. The molecule has 2 N–H and O–H groups in total. The van der Waals surface area contributed by atoms with Gasteiger partial charge in [0, 0.05) is 16.3 Å². The van der Waals surface area contributed by atoms with Crippen molar-refractivity contribution in [3.8, 4) is 11.4 Å². The minimum Gasteiger partial charge on any atom is -0.465 e. The molecule has 0 amide bonds. The minimum absolute atomic E-state index is 0.245. The summed E-state index contributed by atoms with van der Waals surface area (Å²) < 4.78 is 9.97. The van der Waals surface area contributed by atoms with E-state index < -0.39 is 5.97 Å². The van der Waals surface area contributed by atoms with Gasteiger partial charge in [0.05, 0.1) is 19.2 Å². The normalized spacial score (nSPS) is 10.4. The summed E-state index contributed by atoms with van der Waals surface area (Å²) >= 11 is 11.3. The van der Waals surface area contributed by atoms with Gasteiger partial charge in [0.2, 0.25) is 11.7 Å². The summed E-state index contributed by atoms with van der Waals surface area (Å²) in [5, 5.41) is 10.9. The molecule has 0 saturated heterocycles. The van der Waals surface area contributed by atoms with Crippen molar-refractivity contribution in [2.75, 3.05) is 12.4 Å². The third-order valence-electron chi connectivity index (χ3n) is 3.86. The lowest BCUT2D eigenvalue weighted by molar-refractivity contribution is 0.0601. The number of halogens is 1. The quantitative estimate of drug-likeness (QED) is 0.477. The third kappa shape index (κ3) is 4.85. The lowest BCUT2D eigenvalue weighted by Gasteiger charge is -2.12. The van der Waals surface area contributed by atoms with Crippen LogP contribution in [0.3, 0.4) is 0 Å². The van der Waals surface area contributed by atoms with Crippen molar-refractivity contribution in [1.82, 2.24) is 15.5 Å². The Morgan fingerprint density at radius 2 is 2.11 bits per heavy atom. The van der Waals surface area contributed by atoms with E-state index in [1.807, 2.05) is 25.1 Å². The molecule has 0 spiro atoms. The Labute approximate surface area is 172 Å². The number of hydrogen-bond donors (Lipinski definition) is 2. The molecule has 1 heterocycles. The van der Waals surface area contributed by atoms with Crippen molar-refractivity contribution in [3.05, 3.63) is 64.5 Å². The summed E-state index contributed by atoms with van der Waals surface area (Å²) in [6.07, 6.45) is 0. The van der Waals surface area contributed by atoms with Crippen molar-refractivity contribution >= 4 is 40.6 Å². The fourth-order valence-corrected chi connectivity index (χ4v) is 2.77. The van der Waals surface area contributed by atoms with E-state index >= 15 is 0 Å². The molecule has 2 aromatic carbocycles. The molecular weight excluding hydrogens is 400 g/mol. The van der Waals surface area contributed by atoms with Crippen LogP contribution in [0, 0.1) is 6.92 Å². The highest BCUT2D eigenvalue weighted by Crippen LogP contribution is 2.20. The van der Waals surface area contributed by atoms with Crippen molar-refractivity contribution < 1.29 is 14.1 Å². The molecule has 0 unspecified atom stereocenters. The van der Waals surface area contributed by atoms with Crippen LogP contribution in [0.25, 0.3) is 11.4 Å². The number of ether oxygens (including phenoxy) is 1. The number of aromatic nitrogens is 2. The fourth-order valence-electron chi connectivity index (χ4n) is 2.40. The summed E-state index contributed by atoms with van der Waals surface area (Å²) in [6.45, 7) is 2.15. The van der Waals surface area contributed by atoms with Crippen LogP contribution in [0.4, 0.5) is 5.69 Å². The first-order valence-corrected chi connectivity index (χ1v) is 9.07. The molecule has 0 aliphatic rings. The number of methoxy groups -OCH3 is 1. The van der Waals surface area contributed by atoms with E-state index in [1.54, 1.807) is 24.3 Å². The summed E-state index contributed by atoms with van der Waals surface area (Å²) in [7, 11) is 1.34. The zero-order chi connectivity index (χ0) is 20.1. The number of benzene rings is 2. The van der Waals surface area contributed by atoms with Crippen molar-refractivity contribution in [2.24, 2.45) is 0 Å². The Kier molecular flexibility index (Phi) is 6.23. The lowest BCUT2D eigenvalue weighted by Crippen LogP contribution is -2.28. The zero-order valence-corrected chi connectivity index (χ0v) is 16.7. The van der Waals surface area contributed by atoms with Crippen LogP contribution in [0.5, 0.6) is 0 Å². The second-order valence-corrected chi connectivity index (χ2v) is 6.70. The average Bonchev–Trinajstić information content (AvgIpc) is 3.16. The Bertz CT molecular complexity index is 1020. The third-order valence-corrected chi connectivity index (χ3v) is 4.34. The average molecular weight is 417 g/mol. The number of rotatable bonds is 5. The summed E-state index contributed by atoms with van der Waals surface area (Å²) in [5.41, 5.74) is 2.82. The Balaban J connectivity index is 1.62. The molecule has 28 heavy (non-hydrogen) atoms. The number of nitrogens with zero attached hydrogens (tertiary/aromatic N) is 2. The van der Waals surface area contributed by atoms with Crippen LogP contribution in [-0.2, 0) is 11.3 Å². The number of anilines is 1. The highest BCUT2D eigenvalue weighted by molar-refractivity contribution is 7.80. The van der Waals surface area contributed by atoms with Crippen LogP contribution < -0.4 is 10.6 Å². The number of nitrogens with one attached hydrogen (secondary N) is 2. The number of carbonyl (C=O) groups excluding carboxylic acids is 1. The Hall–Kier alpha value is -2.97. The predicted octanol–water partition coefficient (Wildman–Crippen LogP) is 3.97. The maximum absolute atomic E-state index is 11.7. The van der Waals surface area contributed by atoms with Crippen molar-refractivity contribution in [3.63, 3.8) is 0 Å². The molecule has 1 aromatic heterocycles. The monoisotopic (exact) mass is 416 g/mol. The summed E-state index contributed by atoms with van der Waals surface area (Å²) in [5.74, 6) is 0.403. The predicted molar refractivity (Wildman–Crippen MR) is 110 cm³/mol. The largest absolute Gasteiger partial charge is 0.465 e. The molecule has 0 bridgehead atoms. The van der Waals surface area contributed by atoms with Gasteiger partial charge < -0.3 is 19.9 Å². The molecular formula is C19H17ClN4O3S. The number of hydrogen-bond acceptors (Lipinski definition) is 6. The van der Waals surface area contributed by atoms with Crippen LogP contribution in [0.2, 0.25) is 5.02 Å². The molecule has 0 atom stereocenters. The standard InChI is InChI=1S/C19H17ClN4O3S/c1-11-6-7-13(18(25)26-2)9-15(11)22-19(28)21-10-16-23-17(24-27-16)12-4-3-5-14(20)8-12/h3-9H,10H2,1-2H3,(H2,21,22,28). The molecule has 144 valence electrons. The summed E-state index contributed by atoms with van der Waals surface area (Å²) in [6, 6.07) is 12.4. The lowest BCUT2D eigenvalue weighted by atomic mass is 10.1. The van der Waals surface area contributed by atoms with E-state index in [0.29, 0.717) is 33.1 Å². The minimum atomic E-state index is -0.415. The van der Waals surface area contributed by atoms with Gasteiger partial charge in [0.1, 0.15) is 0 Å². The SMILES string of the molecule is COC(=O)c1ccc(C)c(NC(=S)NCc2nc(-c3cccc(Cl)c3)no2)c1. The highest BCUT2D eigenvalue weighted by atomic mass is 35.5. The van der Waals surface area contributed by atoms with Crippen molar-refractivity contribution in [1.29, 1.82) is 0 Å². The smallest absolute Gasteiger partial charge is 0.337 e. The topological polar surface area (TPSA) is 89.3 Å². The van der Waals surface area contributed by atoms with E-state index in [4.69, 9.17) is 33.1 Å².